The summed E-state index contributed by atoms with van der Waals surface area (Å²) in [5.74, 6) is 2.11. The molecule has 0 bridgehead atoms. The minimum Gasteiger partial charge on any atom is -0.370 e. The van der Waals surface area contributed by atoms with Crippen LogP contribution in [0.4, 0.5) is 17.6 Å². The maximum Gasteiger partial charge on any atom is 0.223 e. The molecule has 3 N–H and O–H groups in total. The number of piperazine rings is 1. The summed E-state index contributed by atoms with van der Waals surface area (Å²) in [6.45, 7) is 10.6. The van der Waals surface area contributed by atoms with Crippen LogP contribution in [0.1, 0.15) is 26.7 Å². The molecule has 1 aromatic heterocycles. The molecular formula is C14H26N6. The Balaban J connectivity index is 2.00. The summed E-state index contributed by atoms with van der Waals surface area (Å²) in [4.78, 5) is 13.4. The predicted octanol–water partition coefficient (Wildman–Crippen LogP) is 1.41. The summed E-state index contributed by atoms with van der Waals surface area (Å²) >= 11 is 0. The lowest BCUT2D eigenvalue weighted by Gasteiger charge is -2.35. The Hall–Kier alpha value is -1.56. The normalized spacial score (nSPS) is 16.4. The van der Waals surface area contributed by atoms with Gasteiger partial charge in [0.2, 0.25) is 5.95 Å². The number of nitrogens with zero attached hydrogens (tertiary/aromatic N) is 4. The number of rotatable bonds is 6. The molecule has 0 saturated carbocycles. The van der Waals surface area contributed by atoms with Crippen molar-refractivity contribution in [1.29, 1.82) is 0 Å². The van der Waals surface area contributed by atoms with E-state index in [2.05, 4.69) is 38.9 Å². The number of hydrogen-bond donors (Lipinski definition) is 2. The minimum absolute atomic E-state index is 0.345. The van der Waals surface area contributed by atoms with Crippen molar-refractivity contribution in [2.75, 3.05) is 55.2 Å². The molecule has 6 heteroatoms. The van der Waals surface area contributed by atoms with Crippen LogP contribution in [0.2, 0.25) is 0 Å². The first-order valence-corrected chi connectivity index (χ1v) is 7.58. The largest absolute Gasteiger partial charge is 0.370 e. The molecule has 0 aliphatic carbocycles. The van der Waals surface area contributed by atoms with E-state index in [0.717, 1.165) is 50.8 Å². The van der Waals surface area contributed by atoms with Gasteiger partial charge < -0.3 is 16.0 Å². The molecule has 1 aliphatic rings. The van der Waals surface area contributed by atoms with Crippen LogP contribution in [0.25, 0.3) is 0 Å². The van der Waals surface area contributed by atoms with Gasteiger partial charge in [0.1, 0.15) is 11.6 Å². The van der Waals surface area contributed by atoms with Gasteiger partial charge in [-0.1, -0.05) is 13.8 Å². The van der Waals surface area contributed by atoms with Gasteiger partial charge >= 0.3 is 0 Å². The molecule has 1 aliphatic heterocycles. The molecule has 0 atom stereocenters. The highest BCUT2D eigenvalue weighted by Crippen LogP contribution is 2.18. The van der Waals surface area contributed by atoms with Crippen molar-refractivity contribution in [2.45, 2.75) is 26.7 Å². The lowest BCUT2D eigenvalue weighted by atomic mass is 10.3. The van der Waals surface area contributed by atoms with Crippen LogP contribution in [0, 0.1) is 0 Å². The van der Waals surface area contributed by atoms with E-state index in [0.29, 0.717) is 5.95 Å². The summed E-state index contributed by atoms with van der Waals surface area (Å²) in [6.07, 6.45) is 2.28. The van der Waals surface area contributed by atoms with Gasteiger partial charge in [-0.2, -0.15) is 9.97 Å². The standard InChI is InChI=1S/C14H26N6/c1-3-5-16-12-11-13(18-14(15)17-12)20-9-7-19(6-4-2)8-10-20/h11H,3-10H2,1-2H3,(H3,15,16,17,18). The summed E-state index contributed by atoms with van der Waals surface area (Å²) < 4.78 is 0. The molecule has 0 radical (unpaired) electrons. The highest BCUT2D eigenvalue weighted by atomic mass is 15.3. The summed E-state index contributed by atoms with van der Waals surface area (Å²) in [7, 11) is 0. The third-order valence-electron chi connectivity index (χ3n) is 3.52. The van der Waals surface area contributed by atoms with Crippen LogP contribution in [-0.4, -0.2) is 54.1 Å². The van der Waals surface area contributed by atoms with Crippen LogP contribution in [-0.2, 0) is 0 Å². The van der Waals surface area contributed by atoms with Crippen molar-refractivity contribution >= 4 is 17.6 Å². The van der Waals surface area contributed by atoms with E-state index >= 15 is 0 Å². The fourth-order valence-electron chi connectivity index (χ4n) is 2.48. The first-order chi connectivity index (χ1) is 9.72. The van der Waals surface area contributed by atoms with Gasteiger partial charge in [0.25, 0.3) is 0 Å². The first-order valence-electron chi connectivity index (χ1n) is 7.58. The Kier molecular flexibility index (Phi) is 5.40. The third kappa shape index (κ3) is 3.96. The van der Waals surface area contributed by atoms with E-state index in [-0.39, 0.29) is 0 Å². The zero-order valence-electron chi connectivity index (χ0n) is 12.6. The Labute approximate surface area is 121 Å². The molecule has 20 heavy (non-hydrogen) atoms. The Morgan fingerprint density at radius 3 is 2.55 bits per heavy atom. The molecule has 1 saturated heterocycles. The molecule has 0 spiro atoms. The fraction of sp³-hybridized carbons (Fsp3) is 0.714. The maximum atomic E-state index is 5.81. The van der Waals surface area contributed by atoms with E-state index in [1.807, 2.05) is 6.07 Å². The molecule has 0 unspecified atom stereocenters. The van der Waals surface area contributed by atoms with E-state index in [1.54, 1.807) is 0 Å². The van der Waals surface area contributed by atoms with Crippen molar-refractivity contribution in [3.63, 3.8) is 0 Å². The zero-order chi connectivity index (χ0) is 14.4. The number of nitrogen functional groups attached to an aromatic ring is 1. The number of nitrogens with one attached hydrogen (secondary N) is 1. The van der Waals surface area contributed by atoms with Crippen molar-refractivity contribution < 1.29 is 0 Å². The highest BCUT2D eigenvalue weighted by Gasteiger charge is 2.18. The van der Waals surface area contributed by atoms with Crippen LogP contribution in [0.15, 0.2) is 6.07 Å². The van der Waals surface area contributed by atoms with Crippen LogP contribution in [0.5, 0.6) is 0 Å². The molecule has 2 heterocycles. The zero-order valence-corrected chi connectivity index (χ0v) is 12.6. The van der Waals surface area contributed by atoms with Crippen molar-refractivity contribution in [3.05, 3.63) is 6.07 Å². The summed E-state index contributed by atoms with van der Waals surface area (Å²) in [5, 5.41) is 3.28. The molecule has 2 rings (SSSR count). The molecule has 0 amide bonds. The first kappa shape index (κ1) is 14.8. The van der Waals surface area contributed by atoms with Gasteiger partial charge in [0.05, 0.1) is 0 Å². The van der Waals surface area contributed by atoms with Gasteiger partial charge in [0, 0.05) is 38.8 Å². The van der Waals surface area contributed by atoms with E-state index < -0.39 is 0 Å². The Morgan fingerprint density at radius 2 is 1.90 bits per heavy atom. The average molecular weight is 278 g/mol. The quantitative estimate of drug-likeness (QED) is 0.820. The second kappa shape index (κ2) is 7.28. The van der Waals surface area contributed by atoms with Gasteiger partial charge in [-0.3, -0.25) is 4.90 Å². The van der Waals surface area contributed by atoms with Crippen LogP contribution in [0.3, 0.4) is 0 Å². The maximum absolute atomic E-state index is 5.81. The van der Waals surface area contributed by atoms with Crippen LogP contribution >= 0.6 is 0 Å². The van der Waals surface area contributed by atoms with E-state index in [9.17, 15) is 0 Å². The second-order valence-electron chi connectivity index (χ2n) is 5.23. The SMILES string of the molecule is CCCNc1cc(N2CCN(CCC)CC2)nc(N)n1. The van der Waals surface area contributed by atoms with Gasteiger partial charge in [0.15, 0.2) is 0 Å². The van der Waals surface area contributed by atoms with E-state index in [1.165, 1.54) is 13.0 Å². The van der Waals surface area contributed by atoms with Gasteiger partial charge in [-0.15, -0.1) is 0 Å². The fourth-order valence-corrected chi connectivity index (χ4v) is 2.48. The topological polar surface area (TPSA) is 70.3 Å². The lowest BCUT2D eigenvalue weighted by Crippen LogP contribution is -2.46. The smallest absolute Gasteiger partial charge is 0.223 e. The predicted molar refractivity (Wildman–Crippen MR) is 84.2 cm³/mol. The summed E-state index contributed by atoms with van der Waals surface area (Å²) in [5.41, 5.74) is 5.81. The van der Waals surface area contributed by atoms with E-state index in [4.69, 9.17) is 5.73 Å². The monoisotopic (exact) mass is 278 g/mol. The summed E-state index contributed by atoms with van der Waals surface area (Å²) in [6, 6.07) is 2.00. The highest BCUT2D eigenvalue weighted by molar-refractivity contribution is 5.52. The lowest BCUT2D eigenvalue weighted by molar-refractivity contribution is 0.258. The molecule has 6 nitrogen and oxygen atoms in total. The minimum atomic E-state index is 0.345. The molecular weight excluding hydrogens is 252 g/mol. The molecule has 112 valence electrons. The molecule has 0 aromatic carbocycles. The molecule has 1 aromatic rings. The Bertz CT molecular complexity index is 414. The third-order valence-corrected chi connectivity index (χ3v) is 3.52. The average Bonchev–Trinajstić information content (AvgIpc) is 2.46. The van der Waals surface area contributed by atoms with Gasteiger partial charge in [-0.05, 0) is 19.4 Å². The Morgan fingerprint density at radius 1 is 1.15 bits per heavy atom. The molecule has 1 fully saturated rings. The number of aromatic nitrogens is 2. The number of hydrogen-bond acceptors (Lipinski definition) is 6. The van der Waals surface area contributed by atoms with Crippen LogP contribution < -0.4 is 16.0 Å². The van der Waals surface area contributed by atoms with Crippen molar-refractivity contribution in [2.24, 2.45) is 0 Å². The number of nitrogens with two attached hydrogens (primary N) is 1. The van der Waals surface area contributed by atoms with Crippen molar-refractivity contribution in [3.8, 4) is 0 Å². The van der Waals surface area contributed by atoms with Crippen molar-refractivity contribution in [1.82, 2.24) is 14.9 Å². The second-order valence-corrected chi connectivity index (χ2v) is 5.23. The van der Waals surface area contributed by atoms with Gasteiger partial charge in [-0.25, -0.2) is 0 Å². The number of anilines is 3.